The van der Waals surface area contributed by atoms with Crippen LogP contribution in [0.25, 0.3) is 0 Å². The van der Waals surface area contributed by atoms with Crippen LogP contribution in [-0.4, -0.2) is 42.4 Å². The monoisotopic (exact) mass is 451 g/mol. The molecule has 1 aromatic heterocycles. The predicted molar refractivity (Wildman–Crippen MR) is 125 cm³/mol. The molecule has 0 N–H and O–H groups in total. The molecule has 6 rings (SSSR count). The maximum absolute atomic E-state index is 12.4. The molecule has 178 valence electrons. The van der Waals surface area contributed by atoms with Gasteiger partial charge in [-0.3, -0.25) is 4.79 Å². The van der Waals surface area contributed by atoms with Crippen molar-refractivity contribution in [1.82, 2.24) is 4.90 Å². The van der Waals surface area contributed by atoms with Gasteiger partial charge in [-0.2, -0.15) is 0 Å². The first kappa shape index (κ1) is 21.6. The van der Waals surface area contributed by atoms with Crippen molar-refractivity contribution in [2.24, 2.45) is 34.5 Å². The summed E-state index contributed by atoms with van der Waals surface area (Å²) in [5.74, 6) is 1.88. The van der Waals surface area contributed by atoms with Crippen LogP contribution >= 0.6 is 0 Å². The van der Waals surface area contributed by atoms with Crippen molar-refractivity contribution in [1.29, 1.82) is 0 Å². The molecule has 8 atom stereocenters. The smallest absolute Gasteiger partial charge is 0.383 e. The van der Waals surface area contributed by atoms with E-state index in [0.717, 1.165) is 49.0 Å². The van der Waals surface area contributed by atoms with Gasteiger partial charge in [-0.1, -0.05) is 18.6 Å². The largest absolute Gasteiger partial charge is 0.461 e. The zero-order chi connectivity index (χ0) is 23.0. The third-order valence-corrected chi connectivity index (χ3v) is 10.9. The normalized spacial score (nSPS) is 44.3. The quantitative estimate of drug-likeness (QED) is 0.271. The molecular formula is C28H37NO4. The Morgan fingerprint density at radius 1 is 1.12 bits per heavy atom. The SMILES string of the molecule is CC1C2CCC3C4CC=C5CC(OC(=O)C(=O)c6ccco6)CCC5(C)C4CCC32CN1C. The number of ether oxygens (including phenoxy) is 1. The van der Waals surface area contributed by atoms with Crippen LogP contribution in [0.5, 0.6) is 0 Å². The Morgan fingerprint density at radius 2 is 1.94 bits per heavy atom. The third kappa shape index (κ3) is 3.07. The number of esters is 1. The maximum atomic E-state index is 12.4. The van der Waals surface area contributed by atoms with Gasteiger partial charge in [-0.05, 0) is 106 Å². The molecule has 0 aromatic carbocycles. The highest BCUT2D eigenvalue weighted by Crippen LogP contribution is 2.68. The Kier molecular flexibility index (Phi) is 4.96. The minimum Gasteiger partial charge on any atom is -0.461 e. The van der Waals surface area contributed by atoms with Crippen molar-refractivity contribution < 1.29 is 18.7 Å². The molecule has 0 amide bonds. The molecule has 33 heavy (non-hydrogen) atoms. The first-order valence-corrected chi connectivity index (χ1v) is 13.0. The molecule has 0 bridgehead atoms. The van der Waals surface area contributed by atoms with Gasteiger partial charge in [0, 0.05) is 19.0 Å². The summed E-state index contributed by atoms with van der Waals surface area (Å²) < 4.78 is 10.7. The van der Waals surface area contributed by atoms with Gasteiger partial charge in [0.1, 0.15) is 6.10 Å². The second kappa shape index (κ2) is 7.56. The highest BCUT2D eigenvalue weighted by atomic mass is 16.5. The standard InChI is InChI=1S/C28H37NO4/c1-17-21-8-9-23-20-7-6-18-15-19(33-26(31)25(30)24-5-4-14-32-24)10-12-27(18,2)22(20)11-13-28(21,23)16-29(17)3/h4-6,14,17,19-23H,7-13,15-16H2,1-3H3. The van der Waals surface area contributed by atoms with E-state index in [4.69, 9.17) is 9.15 Å². The van der Waals surface area contributed by atoms with E-state index in [2.05, 4.69) is 31.9 Å². The molecule has 2 heterocycles. The molecule has 8 unspecified atom stereocenters. The summed E-state index contributed by atoms with van der Waals surface area (Å²) in [7, 11) is 2.33. The van der Waals surface area contributed by atoms with Crippen molar-refractivity contribution in [3.63, 3.8) is 0 Å². The number of carbonyl (C=O) groups is 2. The average molecular weight is 452 g/mol. The molecule has 1 aromatic rings. The summed E-state index contributed by atoms with van der Waals surface area (Å²) in [5.41, 5.74) is 2.24. The van der Waals surface area contributed by atoms with Gasteiger partial charge in [0.2, 0.25) is 0 Å². The number of carbonyl (C=O) groups excluding carboxylic acids is 2. The van der Waals surface area contributed by atoms with Crippen molar-refractivity contribution in [2.75, 3.05) is 13.6 Å². The van der Waals surface area contributed by atoms with Crippen LogP contribution in [0.15, 0.2) is 34.5 Å². The molecule has 5 nitrogen and oxygen atoms in total. The maximum Gasteiger partial charge on any atom is 0.383 e. The number of Topliss-reactive ketones (excluding diaryl/α,β-unsaturated/α-hetero) is 1. The number of hydrogen-bond acceptors (Lipinski definition) is 5. The number of rotatable bonds is 3. The van der Waals surface area contributed by atoms with Crippen LogP contribution in [-0.2, 0) is 9.53 Å². The van der Waals surface area contributed by atoms with Gasteiger partial charge in [0.15, 0.2) is 5.76 Å². The van der Waals surface area contributed by atoms with E-state index in [1.54, 1.807) is 6.07 Å². The summed E-state index contributed by atoms with van der Waals surface area (Å²) in [6.45, 7) is 6.23. The molecular weight excluding hydrogens is 414 g/mol. The van der Waals surface area contributed by atoms with Crippen molar-refractivity contribution in [2.45, 2.75) is 77.4 Å². The number of nitrogens with zero attached hydrogens (tertiary/aromatic N) is 1. The van der Waals surface area contributed by atoms with Gasteiger partial charge < -0.3 is 14.1 Å². The van der Waals surface area contributed by atoms with Gasteiger partial charge >= 0.3 is 11.8 Å². The van der Waals surface area contributed by atoms with Crippen molar-refractivity contribution >= 4 is 11.8 Å². The molecule has 4 fully saturated rings. The van der Waals surface area contributed by atoms with Gasteiger partial charge in [0.25, 0.3) is 0 Å². The lowest BCUT2D eigenvalue weighted by molar-refractivity contribution is -0.145. The number of allylic oxidation sites excluding steroid dienone is 1. The Morgan fingerprint density at radius 3 is 2.73 bits per heavy atom. The van der Waals surface area contributed by atoms with Crippen LogP contribution in [0, 0.1) is 34.5 Å². The number of furan rings is 1. The van der Waals surface area contributed by atoms with E-state index >= 15 is 0 Å². The average Bonchev–Trinajstić information content (AvgIpc) is 3.50. The summed E-state index contributed by atoms with van der Waals surface area (Å²) in [5, 5.41) is 0. The van der Waals surface area contributed by atoms with E-state index in [0.29, 0.717) is 5.41 Å². The summed E-state index contributed by atoms with van der Waals surface area (Å²) >= 11 is 0. The van der Waals surface area contributed by atoms with Crippen LogP contribution in [0.4, 0.5) is 0 Å². The van der Waals surface area contributed by atoms with E-state index in [9.17, 15) is 9.59 Å². The number of hydrogen-bond donors (Lipinski definition) is 0. The lowest BCUT2D eigenvalue weighted by atomic mass is 9.47. The highest BCUT2D eigenvalue weighted by molar-refractivity contribution is 6.39. The van der Waals surface area contributed by atoms with Gasteiger partial charge in [-0.15, -0.1) is 0 Å². The molecule has 5 aliphatic rings. The second-order valence-corrected chi connectivity index (χ2v) is 11.9. The second-order valence-electron chi connectivity index (χ2n) is 11.9. The zero-order valence-corrected chi connectivity index (χ0v) is 20.2. The molecule has 1 saturated heterocycles. The van der Waals surface area contributed by atoms with Crippen LogP contribution < -0.4 is 0 Å². The predicted octanol–water partition coefficient (Wildman–Crippen LogP) is 5.27. The van der Waals surface area contributed by atoms with E-state index in [1.165, 1.54) is 56.6 Å². The van der Waals surface area contributed by atoms with Gasteiger partial charge in [0.05, 0.1) is 6.26 Å². The molecule has 4 aliphatic carbocycles. The number of ketones is 1. The topological polar surface area (TPSA) is 59.8 Å². The number of fused-ring (bicyclic) bond motifs is 4. The summed E-state index contributed by atoms with van der Waals surface area (Å²) in [6.07, 6.45) is 13.1. The van der Waals surface area contributed by atoms with Crippen LogP contribution in [0.2, 0.25) is 0 Å². The molecule has 3 saturated carbocycles. The van der Waals surface area contributed by atoms with Gasteiger partial charge in [-0.25, -0.2) is 4.79 Å². The van der Waals surface area contributed by atoms with E-state index in [-0.39, 0.29) is 17.3 Å². The fourth-order valence-corrected chi connectivity index (χ4v) is 9.24. The summed E-state index contributed by atoms with van der Waals surface area (Å²) in [6, 6.07) is 3.85. The van der Waals surface area contributed by atoms with E-state index < -0.39 is 11.8 Å². The molecule has 1 spiro atoms. The van der Waals surface area contributed by atoms with Crippen molar-refractivity contribution in [3.05, 3.63) is 35.8 Å². The lowest BCUT2D eigenvalue weighted by Gasteiger charge is -2.58. The Balaban J connectivity index is 1.18. The van der Waals surface area contributed by atoms with Crippen LogP contribution in [0.1, 0.15) is 75.8 Å². The summed E-state index contributed by atoms with van der Waals surface area (Å²) in [4.78, 5) is 27.3. The Labute approximate surface area is 196 Å². The van der Waals surface area contributed by atoms with E-state index in [1.807, 2.05) is 0 Å². The first-order valence-electron chi connectivity index (χ1n) is 13.0. The fourth-order valence-electron chi connectivity index (χ4n) is 9.24. The zero-order valence-electron chi connectivity index (χ0n) is 20.2. The Hall–Kier alpha value is -1.88. The highest BCUT2D eigenvalue weighted by Gasteiger charge is 2.64. The van der Waals surface area contributed by atoms with Crippen LogP contribution in [0.3, 0.4) is 0 Å². The van der Waals surface area contributed by atoms with Crippen molar-refractivity contribution in [3.8, 4) is 0 Å². The fraction of sp³-hybridized carbons (Fsp3) is 0.714. The Bertz CT molecular complexity index is 982. The first-order chi connectivity index (χ1) is 15.8. The molecule has 0 radical (unpaired) electrons. The molecule has 1 aliphatic heterocycles. The lowest BCUT2D eigenvalue weighted by Crippen LogP contribution is -2.51. The third-order valence-electron chi connectivity index (χ3n) is 10.9. The minimum atomic E-state index is -0.788. The minimum absolute atomic E-state index is 0.0539. The molecule has 5 heteroatoms. The number of likely N-dealkylation sites (tertiary alicyclic amines) is 1.